The van der Waals surface area contributed by atoms with Gasteiger partial charge in [0.1, 0.15) is 5.75 Å². The lowest BCUT2D eigenvalue weighted by atomic mass is 9.81. The van der Waals surface area contributed by atoms with Crippen LogP contribution in [0.1, 0.15) is 42.4 Å². The number of aryl methyl sites for hydroxylation is 2. The first-order valence-corrected chi connectivity index (χ1v) is 12.8. The van der Waals surface area contributed by atoms with E-state index in [1.54, 1.807) is 23.1 Å². The van der Waals surface area contributed by atoms with Crippen LogP contribution in [0, 0.1) is 50.4 Å². The number of carbonyl (C=O) groups is 4. The number of hydrogen-bond acceptors (Lipinski definition) is 5. The van der Waals surface area contributed by atoms with Gasteiger partial charge in [0.05, 0.1) is 23.4 Å². The molecule has 0 unspecified atom stereocenters. The molecule has 7 heteroatoms. The Balaban J connectivity index is 1.16. The molecule has 2 aliphatic heterocycles. The Hall–Kier alpha value is -3.48. The largest absolute Gasteiger partial charge is 0.426 e. The van der Waals surface area contributed by atoms with Gasteiger partial charge in [-0.05, 0) is 92.8 Å². The molecule has 0 aromatic heterocycles. The highest BCUT2D eigenvalue weighted by atomic mass is 16.5. The van der Waals surface area contributed by atoms with Gasteiger partial charge in [0.15, 0.2) is 0 Å². The molecule has 0 N–H and O–H groups in total. The molecule has 2 aromatic carbocycles. The average molecular weight is 487 g/mol. The van der Waals surface area contributed by atoms with E-state index in [1.807, 2.05) is 39.0 Å². The van der Waals surface area contributed by atoms with Crippen molar-refractivity contribution in [3.05, 3.63) is 53.1 Å². The van der Waals surface area contributed by atoms with Gasteiger partial charge in [-0.25, -0.2) is 4.90 Å². The number of ether oxygens (including phenoxy) is 1. The van der Waals surface area contributed by atoms with E-state index in [1.165, 1.54) is 4.90 Å². The Kier molecular flexibility index (Phi) is 5.28. The van der Waals surface area contributed by atoms with Gasteiger partial charge in [0.25, 0.3) is 0 Å². The van der Waals surface area contributed by atoms with Crippen LogP contribution in [0.4, 0.5) is 11.4 Å². The van der Waals surface area contributed by atoms with E-state index in [0.29, 0.717) is 28.8 Å². The predicted molar refractivity (Wildman–Crippen MR) is 133 cm³/mol. The van der Waals surface area contributed by atoms with E-state index in [4.69, 9.17) is 4.74 Å². The highest BCUT2D eigenvalue weighted by Crippen LogP contribution is 2.56. The van der Waals surface area contributed by atoms with Crippen LogP contribution in [0.2, 0.25) is 0 Å². The number of nitrogens with zero attached hydrogens (tertiary/aromatic N) is 2. The summed E-state index contributed by atoms with van der Waals surface area (Å²) in [6, 6.07) is 10.8. The van der Waals surface area contributed by atoms with E-state index in [9.17, 15) is 19.2 Å². The van der Waals surface area contributed by atoms with Crippen LogP contribution in [0.15, 0.2) is 36.4 Å². The third kappa shape index (κ3) is 3.39. The Bertz CT molecular complexity index is 1290. The summed E-state index contributed by atoms with van der Waals surface area (Å²) in [6.45, 7) is 6.07. The smallest absolute Gasteiger partial charge is 0.316 e. The maximum atomic E-state index is 13.2. The predicted octanol–water partition coefficient (Wildman–Crippen LogP) is 4.11. The Morgan fingerprint density at radius 2 is 1.58 bits per heavy atom. The lowest BCUT2D eigenvalue weighted by molar-refractivity contribution is -0.139. The monoisotopic (exact) mass is 486 g/mol. The van der Waals surface area contributed by atoms with Crippen LogP contribution in [0.3, 0.4) is 0 Å². The van der Waals surface area contributed by atoms with E-state index >= 15 is 0 Å². The highest BCUT2D eigenvalue weighted by Gasteiger charge is 2.61. The molecule has 0 radical (unpaired) electrons. The summed E-state index contributed by atoms with van der Waals surface area (Å²) in [6.07, 6.45) is 3.18. The minimum absolute atomic E-state index is 0.0824. The van der Waals surface area contributed by atoms with Crippen molar-refractivity contribution >= 4 is 35.1 Å². The van der Waals surface area contributed by atoms with Crippen molar-refractivity contribution in [1.29, 1.82) is 0 Å². The molecule has 5 atom stereocenters. The fraction of sp³-hybridized carbons (Fsp3) is 0.448. The van der Waals surface area contributed by atoms with E-state index < -0.39 is 11.9 Å². The molecule has 186 valence electrons. The molecule has 2 saturated heterocycles. The van der Waals surface area contributed by atoms with Crippen LogP contribution in [-0.2, 0) is 19.2 Å². The van der Waals surface area contributed by atoms with Crippen molar-refractivity contribution in [2.45, 2.75) is 46.5 Å². The normalized spacial score (nSPS) is 28.9. The van der Waals surface area contributed by atoms with Crippen molar-refractivity contribution in [1.82, 2.24) is 0 Å². The van der Waals surface area contributed by atoms with Gasteiger partial charge in [0.2, 0.25) is 17.7 Å². The van der Waals surface area contributed by atoms with E-state index in [0.717, 1.165) is 36.1 Å². The average Bonchev–Trinajstić information content (AvgIpc) is 3.60. The standard InChI is InChI=1S/C29H30N2O5/c1-15-5-4-6-23(17(15)3)30-14-20(13-24(30)32)29(35)36-21-9-10-22(16(2)11-21)31-27(33)25-18-7-8-19(12-18)26(25)28(31)34/h4-6,9-11,18-20,25-26H,7-8,12-14H2,1-3H3/t18-,19-,20+,25-,26-/m0/s1. The molecular weight excluding hydrogens is 456 g/mol. The Labute approximate surface area is 210 Å². The molecule has 2 aliphatic carbocycles. The summed E-state index contributed by atoms with van der Waals surface area (Å²) < 4.78 is 5.65. The third-order valence-corrected chi connectivity index (χ3v) is 8.88. The molecule has 2 aromatic rings. The number of fused-ring (bicyclic) bond motifs is 5. The lowest BCUT2D eigenvalue weighted by Gasteiger charge is -2.21. The number of benzene rings is 2. The van der Waals surface area contributed by atoms with E-state index in [-0.39, 0.29) is 42.5 Å². The van der Waals surface area contributed by atoms with Crippen LogP contribution in [0.5, 0.6) is 5.75 Å². The first kappa shape index (κ1) is 23.0. The Morgan fingerprint density at radius 1 is 0.889 bits per heavy atom. The van der Waals surface area contributed by atoms with Crippen LogP contribution >= 0.6 is 0 Å². The molecule has 7 nitrogen and oxygen atoms in total. The van der Waals surface area contributed by atoms with Crippen LogP contribution in [0.25, 0.3) is 0 Å². The Morgan fingerprint density at radius 3 is 2.25 bits per heavy atom. The van der Waals surface area contributed by atoms with Crippen LogP contribution < -0.4 is 14.5 Å². The summed E-state index contributed by atoms with van der Waals surface area (Å²) in [4.78, 5) is 55.0. The van der Waals surface area contributed by atoms with Gasteiger partial charge in [-0.3, -0.25) is 19.2 Å². The SMILES string of the molecule is Cc1cc(OC(=O)[C@@H]2CC(=O)N(c3cccc(C)c3C)C2)ccc1N1C(=O)[C@H]2[C@H]3CC[C@@H](C3)[C@@H]2C1=O. The molecule has 2 saturated carbocycles. The number of rotatable bonds is 4. The number of esters is 1. The number of imide groups is 1. The van der Waals surface area contributed by atoms with Crippen molar-refractivity contribution in [3.8, 4) is 5.75 Å². The second kappa shape index (κ2) is 8.29. The second-order valence-electron chi connectivity index (χ2n) is 10.9. The molecule has 36 heavy (non-hydrogen) atoms. The van der Waals surface area contributed by atoms with E-state index in [2.05, 4.69) is 0 Å². The molecular formula is C29H30N2O5. The molecule has 2 heterocycles. The number of carbonyl (C=O) groups excluding carboxylic acids is 4. The molecule has 2 bridgehead atoms. The summed E-state index contributed by atoms with van der Waals surface area (Å²) in [5, 5.41) is 0. The number of hydrogen-bond donors (Lipinski definition) is 0. The molecule has 3 amide bonds. The minimum Gasteiger partial charge on any atom is -0.426 e. The summed E-state index contributed by atoms with van der Waals surface area (Å²) >= 11 is 0. The zero-order valence-electron chi connectivity index (χ0n) is 20.8. The number of anilines is 2. The third-order valence-electron chi connectivity index (χ3n) is 8.88. The summed E-state index contributed by atoms with van der Waals surface area (Å²) in [7, 11) is 0. The van der Waals surface area contributed by atoms with Gasteiger partial charge < -0.3 is 9.64 Å². The first-order chi connectivity index (χ1) is 17.2. The van der Waals surface area contributed by atoms with Crippen molar-refractivity contribution < 1.29 is 23.9 Å². The van der Waals surface area contributed by atoms with Gasteiger partial charge in [-0.1, -0.05) is 12.1 Å². The van der Waals surface area contributed by atoms with Gasteiger partial charge in [-0.2, -0.15) is 0 Å². The van der Waals surface area contributed by atoms with Crippen LogP contribution in [-0.4, -0.2) is 30.2 Å². The van der Waals surface area contributed by atoms with Crippen molar-refractivity contribution in [3.63, 3.8) is 0 Å². The zero-order valence-corrected chi connectivity index (χ0v) is 20.8. The lowest BCUT2D eigenvalue weighted by Crippen LogP contribution is -2.33. The zero-order chi connectivity index (χ0) is 25.3. The van der Waals surface area contributed by atoms with Crippen molar-refractivity contribution in [2.75, 3.05) is 16.3 Å². The van der Waals surface area contributed by atoms with Gasteiger partial charge >= 0.3 is 5.97 Å². The molecule has 4 fully saturated rings. The fourth-order valence-electron chi connectivity index (χ4n) is 6.91. The molecule has 0 spiro atoms. The number of amides is 3. The van der Waals surface area contributed by atoms with Gasteiger partial charge in [0, 0.05) is 18.7 Å². The maximum absolute atomic E-state index is 13.2. The molecule has 6 rings (SSSR count). The maximum Gasteiger partial charge on any atom is 0.316 e. The van der Waals surface area contributed by atoms with Gasteiger partial charge in [-0.15, -0.1) is 0 Å². The first-order valence-electron chi connectivity index (χ1n) is 12.8. The quantitative estimate of drug-likeness (QED) is 0.369. The molecule has 4 aliphatic rings. The van der Waals surface area contributed by atoms with Crippen molar-refractivity contribution in [2.24, 2.45) is 29.6 Å². The summed E-state index contributed by atoms with van der Waals surface area (Å²) in [5.41, 5.74) is 4.21. The highest BCUT2D eigenvalue weighted by molar-refractivity contribution is 6.23. The fourth-order valence-corrected chi connectivity index (χ4v) is 6.91. The summed E-state index contributed by atoms with van der Waals surface area (Å²) in [5.74, 6) is -0.612. The second-order valence-corrected chi connectivity index (χ2v) is 10.9. The topological polar surface area (TPSA) is 84.0 Å². The minimum atomic E-state index is -0.561.